The van der Waals surface area contributed by atoms with Crippen LogP contribution in [0.4, 0.5) is 0 Å². The number of morpholine rings is 1. The first-order valence-corrected chi connectivity index (χ1v) is 10.4. The number of nitrogens with zero attached hydrogens (tertiary/aromatic N) is 1. The quantitative estimate of drug-likeness (QED) is 0.481. The van der Waals surface area contributed by atoms with Crippen molar-refractivity contribution in [3.63, 3.8) is 0 Å². The number of nitrogens with one attached hydrogen (secondary N) is 1. The van der Waals surface area contributed by atoms with Crippen LogP contribution in [0.15, 0.2) is 69.9 Å². The van der Waals surface area contributed by atoms with E-state index < -0.39 is 5.63 Å². The lowest BCUT2D eigenvalue weighted by Gasteiger charge is -2.33. The van der Waals surface area contributed by atoms with Crippen LogP contribution in [0.5, 0.6) is 0 Å². The molecule has 1 amide bonds. The van der Waals surface area contributed by atoms with Gasteiger partial charge in [-0.15, -0.1) is 0 Å². The summed E-state index contributed by atoms with van der Waals surface area (Å²) >= 11 is 0. The molecule has 0 saturated carbocycles. The molecule has 1 aromatic heterocycles. The van der Waals surface area contributed by atoms with Gasteiger partial charge in [0.05, 0.1) is 12.7 Å². The number of ether oxygens (including phenoxy) is 1. The molecule has 2 heterocycles. The zero-order valence-corrected chi connectivity index (χ0v) is 16.9. The zero-order chi connectivity index (χ0) is 20.8. The maximum atomic E-state index is 12.4. The summed E-state index contributed by atoms with van der Waals surface area (Å²) in [5.74, 6) is -0.384. The molecular weight excluding hydrogens is 380 g/mol. The summed E-state index contributed by atoms with van der Waals surface area (Å²) in [5.41, 5.74) is 1.14. The maximum absolute atomic E-state index is 12.4. The van der Waals surface area contributed by atoms with Crippen LogP contribution >= 0.6 is 0 Å². The van der Waals surface area contributed by atoms with Crippen molar-refractivity contribution in [1.29, 1.82) is 0 Å². The predicted molar refractivity (Wildman–Crippen MR) is 116 cm³/mol. The highest BCUT2D eigenvalue weighted by molar-refractivity contribution is 5.96. The number of hydrogen-bond acceptors (Lipinski definition) is 5. The van der Waals surface area contributed by atoms with Gasteiger partial charge in [0.25, 0.3) is 5.91 Å². The maximum Gasteiger partial charge on any atom is 0.349 e. The smallest absolute Gasteiger partial charge is 0.349 e. The average Bonchev–Trinajstić information content (AvgIpc) is 2.79. The highest BCUT2D eigenvalue weighted by Gasteiger charge is 2.21. The summed E-state index contributed by atoms with van der Waals surface area (Å²) in [5, 5.41) is 3.57. The summed E-state index contributed by atoms with van der Waals surface area (Å²) in [6, 6.07) is 19.1. The van der Waals surface area contributed by atoms with Gasteiger partial charge in [0.15, 0.2) is 0 Å². The van der Waals surface area contributed by atoms with Gasteiger partial charge in [-0.25, -0.2) is 4.79 Å². The largest absolute Gasteiger partial charge is 0.422 e. The molecule has 3 aromatic rings. The number of carbonyl (C=O) groups excluding carboxylic acids is 1. The molecule has 1 saturated heterocycles. The number of amides is 1. The highest BCUT2D eigenvalue weighted by atomic mass is 16.5. The van der Waals surface area contributed by atoms with E-state index in [1.807, 2.05) is 30.3 Å². The second-order valence-electron chi connectivity index (χ2n) is 7.52. The van der Waals surface area contributed by atoms with E-state index in [4.69, 9.17) is 9.15 Å². The van der Waals surface area contributed by atoms with Crippen LogP contribution in [0.2, 0.25) is 0 Å². The Balaban J connectivity index is 1.22. The van der Waals surface area contributed by atoms with Gasteiger partial charge in [0.1, 0.15) is 11.1 Å². The van der Waals surface area contributed by atoms with Crippen LogP contribution in [0.1, 0.15) is 34.9 Å². The van der Waals surface area contributed by atoms with E-state index in [-0.39, 0.29) is 17.6 Å². The molecule has 156 valence electrons. The summed E-state index contributed by atoms with van der Waals surface area (Å²) in [6.45, 7) is 4.02. The van der Waals surface area contributed by atoms with Gasteiger partial charge in [-0.3, -0.25) is 9.69 Å². The number of carbonyl (C=O) groups is 1. The molecule has 1 aliphatic heterocycles. The van der Waals surface area contributed by atoms with E-state index in [9.17, 15) is 9.59 Å². The van der Waals surface area contributed by atoms with Crippen molar-refractivity contribution < 1.29 is 13.9 Å². The van der Waals surface area contributed by atoms with E-state index in [0.29, 0.717) is 12.1 Å². The second-order valence-corrected chi connectivity index (χ2v) is 7.52. The van der Waals surface area contributed by atoms with E-state index >= 15 is 0 Å². The standard InChI is InChI=1S/C24H26N2O4/c27-23(20-16-19-10-4-5-11-21(19)30-24(20)28)25-12-6-7-13-26-14-15-29-22(17-26)18-8-2-1-3-9-18/h1-5,8-11,16,22H,6-7,12-15,17H2,(H,25,27)/t22-/m1/s1. The van der Waals surface area contributed by atoms with E-state index in [0.717, 1.165) is 44.5 Å². The first-order valence-electron chi connectivity index (χ1n) is 10.4. The normalized spacial score (nSPS) is 17.1. The van der Waals surface area contributed by atoms with E-state index in [2.05, 4.69) is 22.3 Å². The number of rotatable bonds is 7. The Morgan fingerprint density at radius 2 is 1.87 bits per heavy atom. The van der Waals surface area contributed by atoms with Crippen molar-refractivity contribution in [1.82, 2.24) is 10.2 Å². The SMILES string of the molecule is O=C(NCCCCN1CCO[C@@H](c2ccccc2)C1)c1cc2ccccc2oc1=O. The number of benzene rings is 2. The van der Waals surface area contributed by atoms with Gasteiger partial charge in [-0.1, -0.05) is 48.5 Å². The summed E-state index contributed by atoms with van der Waals surface area (Å²) in [6.07, 6.45) is 1.93. The van der Waals surface area contributed by atoms with Crippen molar-refractivity contribution >= 4 is 16.9 Å². The molecule has 6 heteroatoms. The number of hydrogen-bond donors (Lipinski definition) is 1. The average molecular weight is 406 g/mol. The molecule has 1 N–H and O–H groups in total. The number of fused-ring (bicyclic) bond motifs is 1. The Kier molecular flexibility index (Phi) is 6.57. The minimum absolute atomic E-state index is 0.0487. The van der Waals surface area contributed by atoms with Gasteiger partial charge >= 0.3 is 5.63 Å². The van der Waals surface area contributed by atoms with Crippen LogP contribution in [0, 0.1) is 0 Å². The number of para-hydroxylation sites is 1. The van der Waals surface area contributed by atoms with Gasteiger partial charge < -0.3 is 14.5 Å². The fourth-order valence-electron chi connectivity index (χ4n) is 3.75. The lowest BCUT2D eigenvalue weighted by molar-refractivity contribution is -0.0303. The van der Waals surface area contributed by atoms with Crippen molar-refractivity contribution in [2.45, 2.75) is 18.9 Å². The molecule has 0 spiro atoms. The molecule has 1 atom stereocenters. The van der Waals surface area contributed by atoms with Gasteiger partial charge in [0, 0.05) is 25.0 Å². The van der Waals surface area contributed by atoms with Gasteiger partial charge in [-0.05, 0) is 37.1 Å². The van der Waals surface area contributed by atoms with E-state index in [1.54, 1.807) is 18.2 Å². The minimum atomic E-state index is -0.605. The fourth-order valence-corrected chi connectivity index (χ4v) is 3.75. The Hall–Kier alpha value is -2.96. The molecule has 1 fully saturated rings. The highest BCUT2D eigenvalue weighted by Crippen LogP contribution is 2.22. The first-order chi connectivity index (χ1) is 14.7. The van der Waals surface area contributed by atoms with Crippen LogP contribution < -0.4 is 10.9 Å². The topological polar surface area (TPSA) is 71.8 Å². The van der Waals surface area contributed by atoms with Crippen molar-refractivity contribution in [2.75, 3.05) is 32.8 Å². The molecule has 1 aliphatic rings. The minimum Gasteiger partial charge on any atom is -0.422 e. The van der Waals surface area contributed by atoms with Crippen LogP contribution in [0.3, 0.4) is 0 Å². The second kappa shape index (κ2) is 9.69. The third-order valence-corrected chi connectivity index (χ3v) is 5.39. The third kappa shape index (κ3) is 4.96. The van der Waals surface area contributed by atoms with E-state index in [1.165, 1.54) is 5.56 Å². The van der Waals surface area contributed by atoms with Crippen LogP contribution in [-0.4, -0.2) is 43.6 Å². The molecule has 0 aliphatic carbocycles. The Morgan fingerprint density at radius 1 is 1.07 bits per heavy atom. The molecule has 0 bridgehead atoms. The molecule has 30 heavy (non-hydrogen) atoms. The third-order valence-electron chi connectivity index (χ3n) is 5.39. The van der Waals surface area contributed by atoms with Gasteiger partial charge in [0.2, 0.25) is 0 Å². The number of unbranched alkanes of at least 4 members (excludes halogenated alkanes) is 1. The summed E-state index contributed by atoms with van der Waals surface area (Å²) in [7, 11) is 0. The molecule has 2 aromatic carbocycles. The van der Waals surface area contributed by atoms with Crippen molar-refractivity contribution in [3.05, 3.63) is 82.2 Å². The van der Waals surface area contributed by atoms with Crippen molar-refractivity contribution in [3.8, 4) is 0 Å². The van der Waals surface area contributed by atoms with Gasteiger partial charge in [-0.2, -0.15) is 0 Å². The van der Waals surface area contributed by atoms with Crippen LogP contribution in [-0.2, 0) is 4.74 Å². The lowest BCUT2D eigenvalue weighted by atomic mass is 10.1. The monoisotopic (exact) mass is 406 g/mol. The molecule has 0 unspecified atom stereocenters. The predicted octanol–water partition coefficient (Wildman–Crippen LogP) is 3.38. The van der Waals surface area contributed by atoms with Crippen LogP contribution in [0.25, 0.3) is 11.0 Å². The Bertz CT molecular complexity index is 1050. The molecular formula is C24H26N2O4. The molecule has 4 rings (SSSR count). The fraction of sp³-hybridized carbons (Fsp3) is 0.333. The lowest BCUT2D eigenvalue weighted by Crippen LogP contribution is -2.39. The summed E-state index contributed by atoms with van der Waals surface area (Å²) in [4.78, 5) is 26.9. The summed E-state index contributed by atoms with van der Waals surface area (Å²) < 4.78 is 11.1. The zero-order valence-electron chi connectivity index (χ0n) is 16.9. The molecule has 0 radical (unpaired) electrons. The Labute approximate surface area is 175 Å². The first kappa shape index (κ1) is 20.3. The van der Waals surface area contributed by atoms with Crippen molar-refractivity contribution in [2.24, 2.45) is 0 Å². The Morgan fingerprint density at radius 3 is 2.73 bits per heavy atom. The molecule has 6 nitrogen and oxygen atoms in total.